The molecule has 1 amide bonds. The van der Waals surface area contributed by atoms with Gasteiger partial charge in [-0.05, 0) is 18.6 Å². The highest BCUT2D eigenvalue weighted by Gasteiger charge is 2.24. The maximum Gasteiger partial charge on any atom is 0.336 e. The molecule has 7 nitrogen and oxygen atoms in total. The fourth-order valence-electron chi connectivity index (χ4n) is 2.33. The molecular formula is C18H22N4O3S. The first-order chi connectivity index (χ1) is 12.3. The van der Waals surface area contributed by atoms with Crippen LogP contribution >= 0.6 is 11.3 Å². The average Bonchev–Trinajstić information content (AvgIpc) is 3.04. The topological polar surface area (TPSA) is 109 Å². The van der Waals surface area contributed by atoms with Crippen LogP contribution in [-0.2, 0) is 9.59 Å². The van der Waals surface area contributed by atoms with Gasteiger partial charge in [-0.25, -0.2) is 15.6 Å². The van der Waals surface area contributed by atoms with Crippen molar-refractivity contribution in [3.05, 3.63) is 41.8 Å². The molecule has 1 heterocycles. The van der Waals surface area contributed by atoms with Crippen LogP contribution in [0.1, 0.15) is 31.6 Å². The van der Waals surface area contributed by atoms with Crippen LogP contribution in [0, 0.1) is 5.92 Å². The molecule has 0 saturated heterocycles. The molecule has 1 aromatic heterocycles. The van der Waals surface area contributed by atoms with Gasteiger partial charge in [0, 0.05) is 5.92 Å². The third kappa shape index (κ3) is 4.47. The Morgan fingerprint density at radius 3 is 2.62 bits per heavy atom. The minimum atomic E-state index is -1.17. The van der Waals surface area contributed by atoms with Gasteiger partial charge < -0.3 is 10.4 Å². The SMILES string of the molecule is C=C(C(=O)O)c1sc(NC(=O)C(C)CCC)nc1N(N)c1ccccc1. The average molecular weight is 374 g/mol. The first kappa shape index (κ1) is 19.6. The lowest BCUT2D eigenvalue weighted by atomic mass is 10.1. The summed E-state index contributed by atoms with van der Waals surface area (Å²) >= 11 is 1.04. The van der Waals surface area contributed by atoms with E-state index < -0.39 is 5.97 Å². The van der Waals surface area contributed by atoms with Crippen LogP contribution in [0.15, 0.2) is 36.9 Å². The largest absolute Gasteiger partial charge is 0.478 e. The number of anilines is 3. The number of carboxylic acids is 1. The molecule has 2 rings (SSSR count). The number of nitrogens with one attached hydrogen (secondary N) is 1. The summed E-state index contributed by atoms with van der Waals surface area (Å²) in [4.78, 5) is 28.2. The minimum absolute atomic E-state index is 0.133. The summed E-state index contributed by atoms with van der Waals surface area (Å²) in [6.07, 6.45) is 1.65. The highest BCUT2D eigenvalue weighted by molar-refractivity contribution is 7.17. The second-order valence-electron chi connectivity index (χ2n) is 5.84. The van der Waals surface area contributed by atoms with Gasteiger partial charge in [0.15, 0.2) is 10.9 Å². The van der Waals surface area contributed by atoms with Crippen LogP contribution in [0.5, 0.6) is 0 Å². The van der Waals surface area contributed by atoms with Gasteiger partial charge in [0.2, 0.25) is 5.91 Å². The number of hydrazine groups is 1. The van der Waals surface area contributed by atoms with Crippen molar-refractivity contribution in [1.82, 2.24) is 4.98 Å². The summed E-state index contributed by atoms with van der Waals surface area (Å²) in [6.45, 7) is 7.44. The third-order valence-electron chi connectivity index (χ3n) is 3.80. The molecule has 1 atom stereocenters. The molecule has 0 radical (unpaired) electrons. The van der Waals surface area contributed by atoms with Crippen molar-refractivity contribution in [2.75, 3.05) is 10.3 Å². The number of carbonyl (C=O) groups excluding carboxylic acids is 1. The number of hydrogen-bond acceptors (Lipinski definition) is 6. The summed E-state index contributed by atoms with van der Waals surface area (Å²) in [6, 6.07) is 9.00. The molecule has 138 valence electrons. The van der Waals surface area contributed by atoms with Crippen LogP contribution in [-0.4, -0.2) is 22.0 Å². The summed E-state index contributed by atoms with van der Waals surface area (Å²) in [5.74, 6) is 4.86. The molecule has 0 bridgehead atoms. The van der Waals surface area contributed by atoms with Gasteiger partial charge in [-0.1, -0.05) is 56.4 Å². The Balaban J connectivity index is 2.37. The molecule has 0 spiro atoms. The molecule has 0 fully saturated rings. The number of nitrogens with two attached hydrogens (primary N) is 1. The Kier molecular flexibility index (Phi) is 6.48. The smallest absolute Gasteiger partial charge is 0.336 e. The second kappa shape index (κ2) is 8.59. The number of amides is 1. The molecule has 4 N–H and O–H groups in total. The van der Waals surface area contributed by atoms with Gasteiger partial charge in [0.1, 0.15) is 0 Å². The third-order valence-corrected chi connectivity index (χ3v) is 4.82. The van der Waals surface area contributed by atoms with Gasteiger partial charge in [-0.3, -0.25) is 9.80 Å². The number of nitrogens with zero attached hydrogens (tertiary/aromatic N) is 2. The lowest BCUT2D eigenvalue weighted by molar-refractivity contribution is -0.130. The molecule has 8 heteroatoms. The van der Waals surface area contributed by atoms with Crippen molar-refractivity contribution >= 4 is 45.4 Å². The predicted octanol–water partition coefficient (Wildman–Crippen LogP) is 3.63. The number of carbonyl (C=O) groups is 2. The van der Waals surface area contributed by atoms with E-state index in [4.69, 9.17) is 5.84 Å². The normalized spacial score (nSPS) is 11.7. The summed E-state index contributed by atoms with van der Waals surface area (Å²) in [5, 5.41) is 13.6. The fraction of sp³-hybridized carbons (Fsp3) is 0.278. The highest BCUT2D eigenvalue weighted by atomic mass is 32.1. The molecule has 1 aromatic carbocycles. The first-order valence-corrected chi connectivity index (χ1v) is 9.00. The van der Waals surface area contributed by atoms with E-state index in [1.165, 1.54) is 5.01 Å². The monoisotopic (exact) mass is 374 g/mol. The van der Waals surface area contributed by atoms with Crippen molar-refractivity contribution in [2.24, 2.45) is 11.8 Å². The van der Waals surface area contributed by atoms with Gasteiger partial charge >= 0.3 is 5.97 Å². The van der Waals surface area contributed by atoms with Crippen LogP contribution < -0.4 is 16.2 Å². The molecule has 1 unspecified atom stereocenters. The Morgan fingerprint density at radius 1 is 1.38 bits per heavy atom. The number of thiazole rings is 1. The Hall–Kier alpha value is -2.71. The Labute approximate surface area is 156 Å². The first-order valence-electron chi connectivity index (χ1n) is 8.19. The van der Waals surface area contributed by atoms with Gasteiger partial charge in [-0.2, -0.15) is 0 Å². The Bertz CT molecular complexity index is 804. The lowest BCUT2D eigenvalue weighted by Crippen LogP contribution is -2.26. The number of aliphatic carboxylic acids is 1. The van der Waals surface area contributed by atoms with Gasteiger partial charge in [0.05, 0.1) is 16.1 Å². The summed E-state index contributed by atoms with van der Waals surface area (Å²) in [5.41, 5.74) is 0.500. The molecule has 0 aliphatic carbocycles. The number of aromatic nitrogens is 1. The van der Waals surface area contributed by atoms with E-state index in [0.29, 0.717) is 10.6 Å². The van der Waals surface area contributed by atoms with Crippen molar-refractivity contribution in [2.45, 2.75) is 26.7 Å². The number of rotatable bonds is 8. The molecule has 0 saturated carbocycles. The van der Waals surface area contributed by atoms with E-state index >= 15 is 0 Å². The second-order valence-corrected chi connectivity index (χ2v) is 6.84. The zero-order valence-corrected chi connectivity index (χ0v) is 15.5. The lowest BCUT2D eigenvalue weighted by Gasteiger charge is -2.17. The number of hydrogen-bond donors (Lipinski definition) is 3. The van der Waals surface area contributed by atoms with Gasteiger partial charge in [-0.15, -0.1) is 0 Å². The van der Waals surface area contributed by atoms with E-state index in [2.05, 4.69) is 16.9 Å². The van der Waals surface area contributed by atoms with E-state index in [1.54, 1.807) is 12.1 Å². The molecular weight excluding hydrogens is 352 g/mol. The minimum Gasteiger partial charge on any atom is -0.478 e. The van der Waals surface area contributed by atoms with Crippen molar-refractivity contribution in [3.63, 3.8) is 0 Å². The van der Waals surface area contributed by atoms with E-state index in [1.807, 2.05) is 32.0 Å². The van der Waals surface area contributed by atoms with E-state index in [9.17, 15) is 14.7 Å². The van der Waals surface area contributed by atoms with Crippen molar-refractivity contribution in [1.29, 1.82) is 0 Å². The van der Waals surface area contributed by atoms with Crippen molar-refractivity contribution in [3.8, 4) is 0 Å². The van der Waals surface area contributed by atoms with E-state index in [0.717, 1.165) is 24.2 Å². The Morgan fingerprint density at radius 2 is 2.04 bits per heavy atom. The number of carboxylic acid groups (broad SMARTS) is 1. The van der Waals surface area contributed by atoms with Crippen LogP contribution in [0.2, 0.25) is 0 Å². The summed E-state index contributed by atoms with van der Waals surface area (Å²) < 4.78 is 0. The predicted molar refractivity (Wildman–Crippen MR) is 104 cm³/mol. The number of benzene rings is 1. The van der Waals surface area contributed by atoms with Crippen molar-refractivity contribution < 1.29 is 14.7 Å². The maximum atomic E-state index is 12.2. The standard InChI is InChI=1S/C18H22N4O3S/c1-4-8-11(2)16(23)21-18-20-15(14(26-18)12(3)17(24)25)22(19)13-9-6-5-7-10-13/h5-7,9-11H,3-4,8,19H2,1-2H3,(H,24,25)(H,20,21,23). The molecule has 2 aromatic rings. The zero-order valence-electron chi connectivity index (χ0n) is 14.7. The van der Waals surface area contributed by atoms with Crippen LogP contribution in [0.4, 0.5) is 16.6 Å². The molecule has 0 aliphatic heterocycles. The zero-order chi connectivity index (χ0) is 19.3. The van der Waals surface area contributed by atoms with E-state index in [-0.39, 0.29) is 28.3 Å². The fourth-order valence-corrected chi connectivity index (χ4v) is 3.25. The van der Waals surface area contributed by atoms with Gasteiger partial charge in [0.25, 0.3) is 0 Å². The van der Waals surface area contributed by atoms with Crippen LogP contribution in [0.3, 0.4) is 0 Å². The molecule has 26 heavy (non-hydrogen) atoms. The van der Waals surface area contributed by atoms with Crippen LogP contribution in [0.25, 0.3) is 5.57 Å². The summed E-state index contributed by atoms with van der Waals surface area (Å²) in [7, 11) is 0. The number of para-hydroxylation sites is 1. The highest BCUT2D eigenvalue weighted by Crippen LogP contribution is 2.36. The quantitative estimate of drug-likeness (QED) is 0.370. The molecule has 0 aliphatic rings. The maximum absolute atomic E-state index is 12.2.